The number of nitrogens with one attached hydrogen (secondary N) is 2. The number of nitrogens with two attached hydrogens (primary N) is 1. The van der Waals surface area contributed by atoms with Gasteiger partial charge in [0.25, 0.3) is 5.91 Å². The molecule has 0 bridgehead atoms. The number of alkyl halides is 3. The van der Waals surface area contributed by atoms with Crippen molar-refractivity contribution in [2.24, 2.45) is 5.73 Å². The number of aromatic nitrogens is 4. The predicted molar refractivity (Wildman–Crippen MR) is 97.4 cm³/mol. The smallest absolute Gasteiger partial charge is 0.364 e. The number of primary amides is 1. The van der Waals surface area contributed by atoms with E-state index in [1.807, 2.05) is 0 Å². The molecule has 1 aromatic carbocycles. The Balaban J connectivity index is 1.94. The number of H-pyrrole nitrogens is 2. The second kappa shape index (κ2) is 6.22. The van der Waals surface area contributed by atoms with Gasteiger partial charge in [-0.05, 0) is 42.3 Å². The van der Waals surface area contributed by atoms with Crippen LogP contribution >= 0.6 is 0 Å². The zero-order valence-corrected chi connectivity index (χ0v) is 14.6. The van der Waals surface area contributed by atoms with Gasteiger partial charge in [-0.3, -0.25) is 4.79 Å². The van der Waals surface area contributed by atoms with E-state index < -0.39 is 17.6 Å². The number of aryl methyl sites for hydroxylation is 1. The summed E-state index contributed by atoms with van der Waals surface area (Å²) in [5.74, 6) is -0.780. The number of halogens is 3. The number of nitrogens with zero attached hydrogens (tertiary/aromatic N) is 2. The Hall–Kier alpha value is -3.62. The van der Waals surface area contributed by atoms with Crippen LogP contribution in [0.2, 0.25) is 0 Å². The Morgan fingerprint density at radius 2 is 1.89 bits per heavy atom. The molecule has 0 unspecified atom stereocenters. The van der Waals surface area contributed by atoms with E-state index in [2.05, 4.69) is 19.9 Å². The van der Waals surface area contributed by atoms with Crippen molar-refractivity contribution < 1.29 is 18.0 Å². The molecule has 0 saturated carbocycles. The van der Waals surface area contributed by atoms with E-state index in [0.717, 1.165) is 12.1 Å². The molecule has 3 aromatic heterocycles. The molecule has 4 N–H and O–H groups in total. The standard InChI is InChI=1S/C19H14F3N5O/c1-9-2-3-10(19(20,21)22)6-12(9)13-7-14(27-16(13)17(23)28)15-11-4-5-24-18(11)26-8-25-15/h2-8,27H,1H3,(H2,23,28)(H,24,25,26). The molecule has 4 rings (SSSR count). The van der Waals surface area contributed by atoms with Gasteiger partial charge in [0.1, 0.15) is 17.7 Å². The summed E-state index contributed by atoms with van der Waals surface area (Å²) < 4.78 is 39.5. The lowest BCUT2D eigenvalue weighted by molar-refractivity contribution is -0.137. The molecule has 0 radical (unpaired) electrons. The van der Waals surface area contributed by atoms with Gasteiger partial charge in [-0.15, -0.1) is 0 Å². The minimum atomic E-state index is -4.50. The fourth-order valence-corrected chi connectivity index (χ4v) is 3.16. The molecule has 1 amide bonds. The second-order valence-electron chi connectivity index (χ2n) is 6.33. The average Bonchev–Trinajstić information content (AvgIpc) is 3.28. The summed E-state index contributed by atoms with van der Waals surface area (Å²) in [6, 6.07) is 6.73. The number of hydrogen-bond donors (Lipinski definition) is 3. The average molecular weight is 385 g/mol. The monoisotopic (exact) mass is 385 g/mol. The summed E-state index contributed by atoms with van der Waals surface area (Å²) in [6.45, 7) is 1.67. The van der Waals surface area contributed by atoms with Crippen LogP contribution in [-0.2, 0) is 6.18 Å². The number of carbonyl (C=O) groups excluding carboxylic acids is 1. The van der Waals surface area contributed by atoms with Crippen LogP contribution in [0.3, 0.4) is 0 Å². The third kappa shape index (κ3) is 2.90. The first-order valence-corrected chi connectivity index (χ1v) is 8.25. The Labute approximate surface area is 156 Å². The summed E-state index contributed by atoms with van der Waals surface area (Å²) in [6.07, 6.45) is -1.45. The third-order valence-electron chi connectivity index (χ3n) is 4.53. The molecule has 0 aliphatic heterocycles. The number of amides is 1. The summed E-state index contributed by atoms with van der Waals surface area (Å²) in [7, 11) is 0. The summed E-state index contributed by atoms with van der Waals surface area (Å²) in [5.41, 5.74) is 7.37. The van der Waals surface area contributed by atoms with Crippen LogP contribution in [0.5, 0.6) is 0 Å². The molecule has 0 atom stereocenters. The van der Waals surface area contributed by atoms with Crippen LogP contribution in [0, 0.1) is 6.92 Å². The van der Waals surface area contributed by atoms with Crippen LogP contribution in [0.25, 0.3) is 33.5 Å². The van der Waals surface area contributed by atoms with Gasteiger partial charge in [0.15, 0.2) is 0 Å². The molecule has 0 fully saturated rings. The Kier molecular flexibility index (Phi) is 3.95. The maximum absolute atomic E-state index is 13.2. The summed E-state index contributed by atoms with van der Waals surface area (Å²) in [4.78, 5) is 26.2. The second-order valence-corrected chi connectivity index (χ2v) is 6.33. The van der Waals surface area contributed by atoms with E-state index in [0.29, 0.717) is 28.0 Å². The van der Waals surface area contributed by atoms with Crippen molar-refractivity contribution in [3.63, 3.8) is 0 Å². The van der Waals surface area contributed by atoms with Crippen molar-refractivity contribution in [2.45, 2.75) is 13.1 Å². The molecule has 0 spiro atoms. The maximum Gasteiger partial charge on any atom is 0.416 e. The number of aromatic amines is 2. The predicted octanol–water partition coefficient (Wildman–Crippen LogP) is 4.05. The van der Waals surface area contributed by atoms with Crippen LogP contribution in [0.1, 0.15) is 21.6 Å². The number of carbonyl (C=O) groups is 1. The van der Waals surface area contributed by atoms with Crippen molar-refractivity contribution in [1.82, 2.24) is 19.9 Å². The topological polar surface area (TPSA) is 100 Å². The SMILES string of the molecule is Cc1ccc(C(F)(F)F)cc1-c1cc(-c2ncnc3[nH]ccc23)[nH]c1C(N)=O. The molecular weight excluding hydrogens is 371 g/mol. The lowest BCUT2D eigenvalue weighted by Crippen LogP contribution is -2.13. The molecule has 142 valence electrons. The van der Waals surface area contributed by atoms with E-state index in [1.54, 1.807) is 25.3 Å². The number of fused-ring (bicyclic) bond motifs is 1. The fourth-order valence-electron chi connectivity index (χ4n) is 3.16. The van der Waals surface area contributed by atoms with E-state index in [4.69, 9.17) is 5.73 Å². The largest absolute Gasteiger partial charge is 0.416 e. The molecule has 9 heteroatoms. The number of hydrogen-bond acceptors (Lipinski definition) is 3. The quantitative estimate of drug-likeness (QED) is 0.496. The van der Waals surface area contributed by atoms with Gasteiger partial charge in [0.2, 0.25) is 0 Å². The minimum absolute atomic E-state index is 0.0136. The lowest BCUT2D eigenvalue weighted by Gasteiger charge is -2.11. The van der Waals surface area contributed by atoms with E-state index in [-0.39, 0.29) is 16.8 Å². The van der Waals surface area contributed by atoms with Gasteiger partial charge in [-0.1, -0.05) is 6.07 Å². The van der Waals surface area contributed by atoms with Gasteiger partial charge < -0.3 is 15.7 Å². The highest BCUT2D eigenvalue weighted by atomic mass is 19.4. The molecule has 28 heavy (non-hydrogen) atoms. The van der Waals surface area contributed by atoms with Crippen molar-refractivity contribution >= 4 is 16.9 Å². The van der Waals surface area contributed by atoms with Crippen LogP contribution in [-0.4, -0.2) is 25.8 Å². The summed E-state index contributed by atoms with van der Waals surface area (Å²) >= 11 is 0. The molecule has 4 aromatic rings. The first-order valence-electron chi connectivity index (χ1n) is 8.25. The van der Waals surface area contributed by atoms with Crippen LogP contribution in [0.4, 0.5) is 13.2 Å². The first-order chi connectivity index (χ1) is 13.3. The van der Waals surface area contributed by atoms with Gasteiger partial charge >= 0.3 is 6.18 Å². The van der Waals surface area contributed by atoms with Gasteiger partial charge in [-0.2, -0.15) is 13.2 Å². The maximum atomic E-state index is 13.2. The normalized spacial score (nSPS) is 11.9. The van der Waals surface area contributed by atoms with Gasteiger partial charge in [0, 0.05) is 17.1 Å². The Bertz CT molecular complexity index is 1210. The van der Waals surface area contributed by atoms with Crippen molar-refractivity contribution in [2.75, 3.05) is 0 Å². The van der Waals surface area contributed by atoms with E-state index in [9.17, 15) is 18.0 Å². The number of rotatable bonds is 3. The molecule has 6 nitrogen and oxygen atoms in total. The van der Waals surface area contributed by atoms with Gasteiger partial charge in [0.05, 0.1) is 17.0 Å². The molecule has 3 heterocycles. The summed E-state index contributed by atoms with van der Waals surface area (Å²) in [5, 5.41) is 0.701. The Morgan fingerprint density at radius 1 is 1.11 bits per heavy atom. The minimum Gasteiger partial charge on any atom is -0.364 e. The lowest BCUT2D eigenvalue weighted by atomic mass is 9.97. The van der Waals surface area contributed by atoms with Crippen LogP contribution < -0.4 is 5.73 Å². The third-order valence-corrected chi connectivity index (χ3v) is 4.53. The molecule has 0 saturated heterocycles. The molecule has 0 aliphatic carbocycles. The first kappa shape index (κ1) is 17.8. The highest BCUT2D eigenvalue weighted by molar-refractivity contribution is 6.01. The van der Waals surface area contributed by atoms with Crippen molar-refractivity contribution in [1.29, 1.82) is 0 Å². The van der Waals surface area contributed by atoms with Crippen molar-refractivity contribution in [3.8, 4) is 22.5 Å². The van der Waals surface area contributed by atoms with Crippen LogP contribution in [0.15, 0.2) is 42.9 Å². The number of benzene rings is 1. The zero-order chi connectivity index (χ0) is 20.1. The molecule has 0 aliphatic rings. The fraction of sp³-hybridized carbons (Fsp3) is 0.105. The zero-order valence-electron chi connectivity index (χ0n) is 14.6. The van der Waals surface area contributed by atoms with Crippen molar-refractivity contribution in [3.05, 3.63) is 59.7 Å². The van der Waals surface area contributed by atoms with E-state index >= 15 is 0 Å². The Morgan fingerprint density at radius 3 is 2.61 bits per heavy atom. The van der Waals surface area contributed by atoms with Gasteiger partial charge in [-0.25, -0.2) is 9.97 Å². The molecular formula is C19H14F3N5O. The van der Waals surface area contributed by atoms with E-state index in [1.165, 1.54) is 12.4 Å². The highest BCUT2D eigenvalue weighted by Crippen LogP contribution is 2.37. The highest BCUT2D eigenvalue weighted by Gasteiger charge is 2.31.